The largest absolute Gasteiger partial charge is 0.346 e. The third-order valence-electron chi connectivity index (χ3n) is 3.60. The molecule has 0 heterocycles. The van der Waals surface area contributed by atoms with E-state index < -0.39 is 5.54 Å². The molecule has 0 aromatic heterocycles. The van der Waals surface area contributed by atoms with Crippen LogP contribution in [-0.2, 0) is 11.2 Å². The second-order valence-electron chi connectivity index (χ2n) is 6.83. The van der Waals surface area contributed by atoms with E-state index in [-0.39, 0.29) is 11.2 Å². The van der Waals surface area contributed by atoms with Gasteiger partial charge in [0.15, 0.2) is 5.78 Å². The molecule has 1 fully saturated rings. The monoisotopic (exact) mass is 327 g/mol. The lowest BCUT2D eigenvalue weighted by atomic mass is 9.84. The van der Waals surface area contributed by atoms with E-state index in [4.69, 9.17) is 23.2 Å². The molecular weight excluding hydrogens is 309 g/mol. The first kappa shape index (κ1) is 16.3. The Labute approximate surface area is 135 Å². The van der Waals surface area contributed by atoms with Gasteiger partial charge in [-0.05, 0) is 42.4 Å². The van der Waals surface area contributed by atoms with E-state index in [2.05, 4.69) is 26.1 Å². The molecule has 0 radical (unpaired) electrons. The van der Waals surface area contributed by atoms with Crippen LogP contribution in [0.25, 0.3) is 0 Å². The number of Topliss-reactive ketones (excluding diaryl/α,β-unsaturated/α-hetero) is 1. The summed E-state index contributed by atoms with van der Waals surface area (Å²) < 4.78 is 0. The van der Waals surface area contributed by atoms with Gasteiger partial charge in [-0.1, -0.05) is 44.0 Å². The average Bonchev–Trinajstić information content (AvgIpc) is 3.07. The molecule has 1 aliphatic carbocycles. The van der Waals surface area contributed by atoms with E-state index in [0.717, 1.165) is 5.56 Å². The number of hydrogen-bond acceptors (Lipinski definition) is 2. The molecule has 3 nitrogen and oxygen atoms in total. The van der Waals surface area contributed by atoms with Gasteiger partial charge in [0.2, 0.25) is 6.41 Å². The van der Waals surface area contributed by atoms with Gasteiger partial charge in [0.25, 0.3) is 0 Å². The normalized spacial score (nSPS) is 16.4. The second-order valence-corrected chi connectivity index (χ2v) is 7.68. The maximum absolute atomic E-state index is 12.8. The Morgan fingerprint density at radius 3 is 2.43 bits per heavy atom. The van der Waals surface area contributed by atoms with Crippen LogP contribution < -0.4 is 5.32 Å². The van der Waals surface area contributed by atoms with Crippen LogP contribution in [0, 0.1) is 5.41 Å². The van der Waals surface area contributed by atoms with Gasteiger partial charge < -0.3 is 5.32 Å². The number of carbonyl (C=O) groups excluding carboxylic acids is 2. The zero-order valence-electron chi connectivity index (χ0n) is 12.4. The van der Waals surface area contributed by atoms with Crippen LogP contribution in [-0.4, -0.2) is 17.7 Å². The van der Waals surface area contributed by atoms with Crippen LogP contribution in [0.5, 0.6) is 0 Å². The van der Waals surface area contributed by atoms with Gasteiger partial charge in [0, 0.05) is 10.6 Å². The molecule has 0 aliphatic heterocycles. The molecule has 1 N–H and O–H groups in total. The number of carbonyl (C=O) groups is 2. The Morgan fingerprint density at radius 2 is 1.95 bits per heavy atom. The first-order chi connectivity index (χ1) is 9.68. The summed E-state index contributed by atoms with van der Waals surface area (Å²) >= 11 is 12.4. The zero-order chi connectivity index (χ0) is 15.8. The van der Waals surface area contributed by atoms with E-state index in [1.165, 1.54) is 0 Å². The maximum Gasteiger partial charge on any atom is 0.207 e. The molecule has 0 atom stereocenters. The highest BCUT2D eigenvalue weighted by Crippen LogP contribution is 2.41. The molecule has 1 saturated carbocycles. The standard InChI is InChI=1S/C16H19Cl2NO2/c1-15(2,3)8-10-6-11(17)7-12(18)13(10)14(21)16(4-5-16)19-9-20/h6-7,9H,4-5,8H2,1-3H3,(H,19,20). The number of ketones is 1. The molecule has 0 unspecified atom stereocenters. The van der Waals surface area contributed by atoms with Crippen molar-refractivity contribution in [2.24, 2.45) is 5.41 Å². The number of nitrogens with one attached hydrogen (secondary N) is 1. The average molecular weight is 328 g/mol. The minimum Gasteiger partial charge on any atom is -0.346 e. The third-order valence-corrected chi connectivity index (χ3v) is 4.12. The molecule has 1 aromatic rings. The lowest BCUT2D eigenvalue weighted by Crippen LogP contribution is -2.39. The Morgan fingerprint density at radius 1 is 1.33 bits per heavy atom. The molecular formula is C16H19Cl2NO2. The lowest BCUT2D eigenvalue weighted by molar-refractivity contribution is -0.110. The van der Waals surface area contributed by atoms with Gasteiger partial charge in [0.05, 0.1) is 5.02 Å². The fourth-order valence-electron chi connectivity index (χ4n) is 2.51. The van der Waals surface area contributed by atoms with Gasteiger partial charge in [0.1, 0.15) is 5.54 Å². The van der Waals surface area contributed by atoms with Gasteiger partial charge in [-0.25, -0.2) is 0 Å². The van der Waals surface area contributed by atoms with Crippen LogP contribution in [0.15, 0.2) is 12.1 Å². The summed E-state index contributed by atoms with van der Waals surface area (Å²) in [5, 5.41) is 3.51. The number of halogens is 2. The summed E-state index contributed by atoms with van der Waals surface area (Å²) in [4.78, 5) is 23.5. The molecule has 1 aliphatic rings. The second kappa shape index (κ2) is 5.62. The maximum atomic E-state index is 12.8. The number of benzene rings is 1. The van der Waals surface area contributed by atoms with Crippen molar-refractivity contribution in [1.29, 1.82) is 0 Å². The van der Waals surface area contributed by atoms with Crippen molar-refractivity contribution in [1.82, 2.24) is 5.32 Å². The van der Waals surface area contributed by atoms with Crippen LogP contribution in [0.2, 0.25) is 10.0 Å². The molecule has 0 saturated heterocycles. The lowest BCUT2D eigenvalue weighted by Gasteiger charge is -2.23. The Bertz CT molecular complexity index is 587. The first-order valence-electron chi connectivity index (χ1n) is 6.93. The fraction of sp³-hybridized carbons (Fsp3) is 0.500. The molecule has 114 valence electrons. The minimum atomic E-state index is -0.772. The van der Waals surface area contributed by atoms with Crippen molar-refractivity contribution in [2.75, 3.05) is 0 Å². The molecule has 0 spiro atoms. The molecule has 5 heteroatoms. The molecule has 1 aromatic carbocycles. The summed E-state index contributed by atoms with van der Waals surface area (Å²) in [6.07, 6.45) is 2.57. The minimum absolute atomic E-state index is 0.00214. The van der Waals surface area contributed by atoms with Gasteiger partial charge >= 0.3 is 0 Å². The quantitative estimate of drug-likeness (QED) is 0.655. The van der Waals surface area contributed by atoms with Gasteiger partial charge in [-0.2, -0.15) is 0 Å². The summed E-state index contributed by atoms with van der Waals surface area (Å²) in [7, 11) is 0. The van der Waals surface area contributed by atoms with E-state index in [0.29, 0.717) is 41.3 Å². The van der Waals surface area contributed by atoms with Crippen molar-refractivity contribution >= 4 is 35.4 Å². The smallest absolute Gasteiger partial charge is 0.207 e. The highest BCUT2D eigenvalue weighted by atomic mass is 35.5. The summed E-state index contributed by atoms with van der Waals surface area (Å²) in [5.74, 6) is -0.115. The third kappa shape index (κ3) is 3.58. The number of hydrogen-bond donors (Lipinski definition) is 1. The van der Waals surface area contributed by atoms with Crippen LogP contribution in [0.4, 0.5) is 0 Å². The van der Waals surface area contributed by atoms with Crippen molar-refractivity contribution in [3.8, 4) is 0 Å². The zero-order valence-corrected chi connectivity index (χ0v) is 13.9. The van der Waals surface area contributed by atoms with Crippen LogP contribution in [0.1, 0.15) is 49.5 Å². The SMILES string of the molecule is CC(C)(C)Cc1cc(Cl)cc(Cl)c1C(=O)C1(NC=O)CC1. The first-order valence-corrected chi connectivity index (χ1v) is 7.68. The van der Waals surface area contributed by atoms with E-state index in [1.807, 2.05) is 0 Å². The molecule has 0 bridgehead atoms. The number of amides is 1. The molecule has 2 rings (SSSR count). The predicted octanol–water partition coefficient (Wildman–Crippen LogP) is 4.04. The molecule has 1 amide bonds. The fourth-order valence-corrected chi connectivity index (χ4v) is 3.13. The number of rotatable bonds is 5. The van der Waals surface area contributed by atoms with Crippen molar-refractivity contribution in [3.05, 3.63) is 33.3 Å². The summed E-state index contributed by atoms with van der Waals surface area (Å²) in [6.45, 7) is 6.27. The van der Waals surface area contributed by atoms with E-state index in [9.17, 15) is 9.59 Å². The van der Waals surface area contributed by atoms with E-state index >= 15 is 0 Å². The Balaban J connectivity index is 2.47. The van der Waals surface area contributed by atoms with Gasteiger partial charge in [-0.3, -0.25) is 9.59 Å². The Hall–Kier alpha value is -1.06. The van der Waals surface area contributed by atoms with Crippen LogP contribution in [0.3, 0.4) is 0 Å². The Kier molecular flexibility index (Phi) is 4.36. The highest BCUT2D eigenvalue weighted by Gasteiger charge is 2.50. The topological polar surface area (TPSA) is 46.2 Å². The van der Waals surface area contributed by atoms with E-state index in [1.54, 1.807) is 12.1 Å². The van der Waals surface area contributed by atoms with Crippen LogP contribution >= 0.6 is 23.2 Å². The highest BCUT2D eigenvalue weighted by molar-refractivity contribution is 6.37. The van der Waals surface area contributed by atoms with Gasteiger partial charge in [-0.15, -0.1) is 0 Å². The molecule has 21 heavy (non-hydrogen) atoms. The van der Waals surface area contributed by atoms with Crippen molar-refractivity contribution in [2.45, 2.75) is 45.6 Å². The predicted molar refractivity (Wildman–Crippen MR) is 85.1 cm³/mol. The summed E-state index contributed by atoms with van der Waals surface area (Å²) in [6, 6.07) is 3.38. The van der Waals surface area contributed by atoms with Crippen molar-refractivity contribution < 1.29 is 9.59 Å². The van der Waals surface area contributed by atoms with Crippen molar-refractivity contribution in [3.63, 3.8) is 0 Å². The summed E-state index contributed by atoms with van der Waals surface area (Å²) in [5.41, 5.74) is 0.552.